The lowest BCUT2D eigenvalue weighted by Crippen LogP contribution is -1.94. The summed E-state index contributed by atoms with van der Waals surface area (Å²) in [6, 6.07) is 12.3. The molecule has 0 N–H and O–H groups in total. The van der Waals surface area contributed by atoms with Crippen LogP contribution in [0.25, 0.3) is 28.3 Å². The molecule has 8 nitrogen and oxygen atoms in total. The summed E-state index contributed by atoms with van der Waals surface area (Å²) in [5.41, 5.74) is 3.41. The Morgan fingerprint density at radius 3 is 2.74 bits per heavy atom. The number of non-ortho nitro benzene ring substituents is 1. The maximum absolute atomic E-state index is 11.0. The summed E-state index contributed by atoms with van der Waals surface area (Å²) in [6.07, 6.45) is 3.84. The van der Waals surface area contributed by atoms with Crippen molar-refractivity contribution in [1.29, 1.82) is 0 Å². The molecule has 1 aliphatic heterocycles. The highest BCUT2D eigenvalue weighted by molar-refractivity contribution is 5.69. The van der Waals surface area contributed by atoms with E-state index < -0.39 is 4.92 Å². The van der Waals surface area contributed by atoms with Gasteiger partial charge in [0, 0.05) is 42.7 Å². The van der Waals surface area contributed by atoms with E-state index in [1.54, 1.807) is 12.1 Å². The van der Waals surface area contributed by atoms with Gasteiger partial charge in [-0.3, -0.25) is 14.5 Å². The molecule has 8 heteroatoms. The van der Waals surface area contributed by atoms with Gasteiger partial charge in [0.15, 0.2) is 11.5 Å². The van der Waals surface area contributed by atoms with Crippen molar-refractivity contribution in [2.45, 2.75) is 0 Å². The van der Waals surface area contributed by atoms with Crippen molar-refractivity contribution in [2.75, 3.05) is 6.79 Å². The quantitative estimate of drug-likeness (QED) is 0.410. The summed E-state index contributed by atoms with van der Waals surface area (Å²) >= 11 is 0. The van der Waals surface area contributed by atoms with Crippen LogP contribution in [0.5, 0.6) is 11.5 Å². The van der Waals surface area contributed by atoms with Crippen molar-refractivity contribution < 1.29 is 14.4 Å². The van der Waals surface area contributed by atoms with E-state index in [0.717, 1.165) is 34.0 Å². The minimum Gasteiger partial charge on any atom is -0.454 e. The highest BCUT2D eigenvalue weighted by Crippen LogP contribution is 2.36. The van der Waals surface area contributed by atoms with Crippen LogP contribution in [0, 0.1) is 10.1 Å². The summed E-state index contributed by atoms with van der Waals surface area (Å²) in [5, 5.41) is 11.0. The van der Waals surface area contributed by atoms with Crippen LogP contribution in [0.3, 0.4) is 0 Å². The molecule has 2 aromatic carbocycles. The highest BCUT2D eigenvalue weighted by Gasteiger charge is 2.17. The standard InChI is InChI=1S/C19H14N4O4/c1-21-16(13-3-2-4-14(7-13)23(24)25)10-22-9-15(20-19(21)22)12-5-6-17-18(8-12)27-11-26-17/h2-10H,11H2,1H3. The highest BCUT2D eigenvalue weighted by atomic mass is 16.7. The number of nitro benzene ring substituents is 1. The predicted molar refractivity (Wildman–Crippen MR) is 97.8 cm³/mol. The second kappa shape index (κ2) is 5.60. The Hall–Kier alpha value is -3.81. The normalized spacial score (nSPS) is 12.6. The third kappa shape index (κ3) is 2.42. The molecule has 0 aliphatic carbocycles. The fraction of sp³-hybridized carbons (Fsp3) is 0.105. The molecule has 5 rings (SSSR count). The van der Waals surface area contributed by atoms with Gasteiger partial charge < -0.3 is 14.0 Å². The molecule has 0 saturated heterocycles. The number of imidazole rings is 2. The monoisotopic (exact) mass is 362 g/mol. The number of hydrogen-bond acceptors (Lipinski definition) is 5. The third-order valence-corrected chi connectivity index (χ3v) is 4.66. The molecule has 4 aromatic rings. The molecule has 2 aromatic heterocycles. The Kier molecular flexibility index (Phi) is 3.20. The Balaban J connectivity index is 1.57. The molecule has 0 fully saturated rings. The molecular weight excluding hydrogens is 348 g/mol. The number of benzene rings is 2. The van der Waals surface area contributed by atoms with E-state index in [-0.39, 0.29) is 12.5 Å². The van der Waals surface area contributed by atoms with Crippen LogP contribution in [-0.2, 0) is 7.05 Å². The molecule has 0 bridgehead atoms. The fourth-order valence-electron chi connectivity index (χ4n) is 3.30. The first-order valence-corrected chi connectivity index (χ1v) is 8.29. The Morgan fingerprint density at radius 1 is 1.07 bits per heavy atom. The van der Waals surface area contributed by atoms with Crippen molar-refractivity contribution in [1.82, 2.24) is 14.0 Å². The zero-order valence-electron chi connectivity index (χ0n) is 14.3. The van der Waals surface area contributed by atoms with Gasteiger partial charge in [-0.05, 0) is 18.2 Å². The molecule has 0 spiro atoms. The van der Waals surface area contributed by atoms with Crippen molar-refractivity contribution in [3.63, 3.8) is 0 Å². The number of nitro groups is 1. The summed E-state index contributed by atoms with van der Waals surface area (Å²) in [5.74, 6) is 2.18. The van der Waals surface area contributed by atoms with E-state index in [1.165, 1.54) is 6.07 Å². The van der Waals surface area contributed by atoms with E-state index in [0.29, 0.717) is 5.75 Å². The number of hydrogen-bond donors (Lipinski definition) is 0. The second-order valence-electron chi connectivity index (χ2n) is 6.28. The first kappa shape index (κ1) is 15.4. The van der Waals surface area contributed by atoms with Crippen LogP contribution < -0.4 is 9.47 Å². The van der Waals surface area contributed by atoms with Gasteiger partial charge in [-0.15, -0.1) is 0 Å². The lowest BCUT2D eigenvalue weighted by atomic mass is 10.1. The molecule has 3 heterocycles. The number of nitrogens with zero attached hydrogens (tertiary/aromatic N) is 4. The van der Waals surface area contributed by atoms with Gasteiger partial charge in [-0.1, -0.05) is 12.1 Å². The molecule has 0 atom stereocenters. The van der Waals surface area contributed by atoms with Crippen molar-refractivity contribution >= 4 is 11.5 Å². The van der Waals surface area contributed by atoms with Crippen LogP contribution in [0.4, 0.5) is 5.69 Å². The summed E-state index contributed by atoms with van der Waals surface area (Å²) < 4.78 is 14.6. The maximum atomic E-state index is 11.0. The lowest BCUT2D eigenvalue weighted by Gasteiger charge is -2.03. The van der Waals surface area contributed by atoms with E-state index >= 15 is 0 Å². The minimum atomic E-state index is -0.394. The topological polar surface area (TPSA) is 83.8 Å². The van der Waals surface area contributed by atoms with Crippen LogP contribution in [0.2, 0.25) is 0 Å². The fourth-order valence-corrected chi connectivity index (χ4v) is 3.30. The van der Waals surface area contributed by atoms with E-state index in [2.05, 4.69) is 0 Å². The molecule has 0 saturated carbocycles. The Bertz CT molecular complexity index is 1210. The van der Waals surface area contributed by atoms with Gasteiger partial charge in [0.2, 0.25) is 12.6 Å². The van der Waals surface area contributed by atoms with Crippen molar-refractivity contribution in [3.05, 3.63) is 65.0 Å². The Labute approximate surface area is 153 Å². The molecular formula is C19H14N4O4. The third-order valence-electron chi connectivity index (χ3n) is 4.66. The number of aryl methyl sites for hydroxylation is 1. The van der Waals surface area contributed by atoms with Gasteiger partial charge in [-0.2, -0.15) is 0 Å². The molecule has 0 radical (unpaired) electrons. The van der Waals surface area contributed by atoms with Gasteiger partial charge in [0.1, 0.15) is 0 Å². The predicted octanol–water partition coefficient (Wildman–Crippen LogP) is 3.64. The smallest absolute Gasteiger partial charge is 0.270 e. The summed E-state index contributed by atoms with van der Waals surface area (Å²) in [4.78, 5) is 15.3. The van der Waals surface area contributed by atoms with Crippen LogP contribution in [0.15, 0.2) is 54.9 Å². The van der Waals surface area contributed by atoms with E-state index in [4.69, 9.17) is 14.5 Å². The molecule has 134 valence electrons. The summed E-state index contributed by atoms with van der Waals surface area (Å²) in [6.45, 7) is 0.233. The van der Waals surface area contributed by atoms with Gasteiger partial charge in [0.25, 0.3) is 5.69 Å². The van der Waals surface area contributed by atoms with Crippen LogP contribution >= 0.6 is 0 Å². The number of aromatic nitrogens is 3. The maximum Gasteiger partial charge on any atom is 0.270 e. The molecule has 27 heavy (non-hydrogen) atoms. The van der Waals surface area contributed by atoms with Gasteiger partial charge in [0.05, 0.1) is 16.3 Å². The first-order valence-electron chi connectivity index (χ1n) is 8.29. The SMILES string of the molecule is Cn1c(-c2cccc([N+](=O)[O-])c2)cn2cc(-c3ccc4c(c3)OCO4)nc12. The van der Waals surface area contributed by atoms with Gasteiger partial charge >= 0.3 is 0 Å². The van der Waals surface area contributed by atoms with Crippen LogP contribution in [0.1, 0.15) is 0 Å². The summed E-state index contributed by atoms with van der Waals surface area (Å²) in [7, 11) is 1.89. The molecule has 0 amide bonds. The zero-order chi connectivity index (χ0) is 18.5. The number of rotatable bonds is 3. The average Bonchev–Trinajstić information content (AvgIpc) is 3.37. The first-order chi connectivity index (χ1) is 13.1. The van der Waals surface area contributed by atoms with Crippen molar-refractivity contribution in [2.24, 2.45) is 7.05 Å². The van der Waals surface area contributed by atoms with E-state index in [9.17, 15) is 10.1 Å². The average molecular weight is 362 g/mol. The second-order valence-corrected chi connectivity index (χ2v) is 6.28. The molecule has 1 aliphatic rings. The van der Waals surface area contributed by atoms with Gasteiger partial charge in [-0.25, -0.2) is 4.98 Å². The largest absolute Gasteiger partial charge is 0.454 e. The zero-order valence-corrected chi connectivity index (χ0v) is 14.3. The number of ether oxygens (including phenoxy) is 2. The minimum absolute atomic E-state index is 0.0624. The number of fused-ring (bicyclic) bond motifs is 2. The van der Waals surface area contributed by atoms with E-state index in [1.807, 2.05) is 52.7 Å². The Morgan fingerprint density at radius 2 is 1.93 bits per heavy atom. The van der Waals surface area contributed by atoms with Crippen molar-refractivity contribution in [3.8, 4) is 34.0 Å². The van der Waals surface area contributed by atoms with Crippen LogP contribution in [-0.4, -0.2) is 25.7 Å². The molecule has 0 unspecified atom stereocenters. The lowest BCUT2D eigenvalue weighted by molar-refractivity contribution is -0.384.